The lowest BCUT2D eigenvalue weighted by atomic mass is 10.0. The maximum atomic E-state index is 11.3. The van der Waals surface area contributed by atoms with Gasteiger partial charge in [-0.1, -0.05) is 50.1 Å². The summed E-state index contributed by atoms with van der Waals surface area (Å²) in [6.07, 6.45) is 14.2. The SMILES string of the molecule is CC.CN(C)C(=O)c1ccccc1.CNC(/C=C\NC=O)=C/c1ccnc(C)c1/C=C(\C)CN1CCCCC1. The molecule has 0 atom stereocenters. The van der Waals surface area contributed by atoms with Crippen LogP contribution in [0, 0.1) is 6.92 Å². The van der Waals surface area contributed by atoms with Crippen LogP contribution in [0.3, 0.4) is 0 Å². The summed E-state index contributed by atoms with van der Waals surface area (Å²) >= 11 is 0. The van der Waals surface area contributed by atoms with E-state index in [1.54, 1.807) is 25.2 Å². The summed E-state index contributed by atoms with van der Waals surface area (Å²) in [6, 6.07) is 11.2. The van der Waals surface area contributed by atoms with Gasteiger partial charge in [0.2, 0.25) is 6.41 Å². The number of piperidine rings is 1. The number of pyridine rings is 1. The number of benzene rings is 1. The van der Waals surface area contributed by atoms with Crippen molar-refractivity contribution >= 4 is 24.5 Å². The fraction of sp³-hybridized carbons (Fsp3) is 0.406. The lowest BCUT2D eigenvalue weighted by Gasteiger charge is -2.26. The molecule has 1 aliphatic rings. The number of hydrogen-bond donors (Lipinski definition) is 2. The third-order valence-corrected chi connectivity index (χ3v) is 5.99. The fourth-order valence-corrected chi connectivity index (χ4v) is 4.06. The number of allylic oxidation sites excluding steroid dienone is 1. The summed E-state index contributed by atoms with van der Waals surface area (Å²) in [6.45, 7) is 11.6. The number of aromatic nitrogens is 1. The molecule has 1 saturated heterocycles. The van der Waals surface area contributed by atoms with Gasteiger partial charge in [-0.05, 0) is 75.7 Å². The summed E-state index contributed by atoms with van der Waals surface area (Å²) in [5.41, 5.74) is 6.26. The van der Waals surface area contributed by atoms with Crippen LogP contribution >= 0.6 is 0 Å². The van der Waals surface area contributed by atoms with Gasteiger partial charge in [0.15, 0.2) is 0 Å². The van der Waals surface area contributed by atoms with Crippen LogP contribution in [0.2, 0.25) is 0 Å². The zero-order chi connectivity index (χ0) is 29.0. The van der Waals surface area contributed by atoms with E-state index in [0.717, 1.165) is 34.6 Å². The lowest BCUT2D eigenvalue weighted by molar-refractivity contribution is -0.108. The average molecular weight is 534 g/mol. The van der Waals surface area contributed by atoms with Gasteiger partial charge in [0.05, 0.1) is 0 Å². The first-order valence-electron chi connectivity index (χ1n) is 13.7. The van der Waals surface area contributed by atoms with Crippen LogP contribution in [-0.2, 0) is 4.79 Å². The number of nitrogens with one attached hydrogen (secondary N) is 2. The van der Waals surface area contributed by atoms with E-state index >= 15 is 0 Å². The van der Waals surface area contributed by atoms with Gasteiger partial charge in [-0.25, -0.2) is 0 Å². The van der Waals surface area contributed by atoms with Crippen molar-refractivity contribution in [2.75, 3.05) is 40.8 Å². The highest BCUT2D eigenvalue weighted by Crippen LogP contribution is 2.20. The number of likely N-dealkylation sites (N-methyl/N-ethyl adjacent to an activating group) is 1. The Morgan fingerprint density at radius 3 is 2.31 bits per heavy atom. The largest absolute Gasteiger partial charge is 0.388 e. The van der Waals surface area contributed by atoms with Crippen LogP contribution in [-0.4, -0.2) is 67.9 Å². The molecule has 1 aliphatic heterocycles. The van der Waals surface area contributed by atoms with E-state index in [-0.39, 0.29) is 5.91 Å². The highest BCUT2D eigenvalue weighted by Gasteiger charge is 2.11. The molecule has 0 radical (unpaired) electrons. The van der Waals surface area contributed by atoms with Gasteiger partial charge < -0.3 is 15.5 Å². The molecular weight excluding hydrogens is 486 g/mol. The van der Waals surface area contributed by atoms with E-state index in [2.05, 4.69) is 39.6 Å². The van der Waals surface area contributed by atoms with Crippen molar-refractivity contribution in [2.45, 2.75) is 47.0 Å². The highest BCUT2D eigenvalue weighted by atomic mass is 16.2. The molecule has 1 fully saturated rings. The van der Waals surface area contributed by atoms with Crippen molar-refractivity contribution in [1.29, 1.82) is 0 Å². The predicted octanol–water partition coefficient (Wildman–Crippen LogP) is 5.51. The molecule has 0 unspecified atom stereocenters. The first-order valence-corrected chi connectivity index (χ1v) is 13.7. The number of carbonyl (C=O) groups is 2. The summed E-state index contributed by atoms with van der Waals surface area (Å²) < 4.78 is 0. The maximum Gasteiger partial charge on any atom is 0.253 e. The second-order valence-corrected chi connectivity index (χ2v) is 9.26. The first-order chi connectivity index (χ1) is 18.8. The van der Waals surface area contributed by atoms with E-state index < -0.39 is 0 Å². The van der Waals surface area contributed by atoms with Crippen LogP contribution < -0.4 is 10.6 Å². The van der Waals surface area contributed by atoms with Gasteiger partial charge >= 0.3 is 0 Å². The summed E-state index contributed by atoms with van der Waals surface area (Å²) in [5, 5.41) is 5.67. The van der Waals surface area contributed by atoms with E-state index in [0.29, 0.717) is 6.41 Å². The Bertz CT molecular complexity index is 1080. The highest BCUT2D eigenvalue weighted by molar-refractivity contribution is 5.93. The van der Waals surface area contributed by atoms with Gasteiger partial charge in [0, 0.05) is 62.6 Å². The van der Waals surface area contributed by atoms with Gasteiger partial charge in [0.25, 0.3) is 5.91 Å². The minimum absolute atomic E-state index is 0.0469. The number of rotatable bonds is 9. The Kier molecular flexibility index (Phi) is 16.6. The molecular formula is C32H47N5O2. The van der Waals surface area contributed by atoms with Crippen LogP contribution in [0.15, 0.2) is 66.1 Å². The van der Waals surface area contributed by atoms with Crippen molar-refractivity contribution in [1.82, 2.24) is 25.4 Å². The Labute approximate surface area is 235 Å². The van der Waals surface area contributed by atoms with Crippen LogP contribution in [0.25, 0.3) is 12.2 Å². The fourth-order valence-electron chi connectivity index (χ4n) is 4.06. The molecule has 2 heterocycles. The van der Waals surface area contributed by atoms with Crippen molar-refractivity contribution in [3.8, 4) is 0 Å². The molecule has 7 heteroatoms. The third kappa shape index (κ3) is 12.6. The molecule has 2 N–H and O–H groups in total. The quantitative estimate of drug-likeness (QED) is 0.328. The molecule has 0 spiro atoms. The van der Waals surface area contributed by atoms with Gasteiger partial charge in [-0.15, -0.1) is 0 Å². The molecule has 7 nitrogen and oxygen atoms in total. The average Bonchev–Trinajstić information content (AvgIpc) is 2.96. The molecule has 2 amide bonds. The molecule has 212 valence electrons. The molecule has 0 aliphatic carbocycles. The van der Waals surface area contributed by atoms with Crippen LogP contribution in [0.1, 0.15) is 67.2 Å². The summed E-state index contributed by atoms with van der Waals surface area (Å²) in [7, 11) is 5.35. The first kappa shape index (κ1) is 33.3. The Hall–Kier alpha value is -3.71. The van der Waals surface area contributed by atoms with E-state index in [1.165, 1.54) is 37.9 Å². The second kappa shape index (κ2) is 19.4. The zero-order valence-corrected chi connectivity index (χ0v) is 24.8. The van der Waals surface area contributed by atoms with Crippen molar-refractivity contribution < 1.29 is 9.59 Å². The second-order valence-electron chi connectivity index (χ2n) is 9.26. The summed E-state index contributed by atoms with van der Waals surface area (Å²) in [5.74, 6) is 0.0469. The molecule has 1 aromatic carbocycles. The smallest absolute Gasteiger partial charge is 0.253 e. The van der Waals surface area contributed by atoms with E-state index in [1.807, 2.05) is 76.5 Å². The van der Waals surface area contributed by atoms with Crippen molar-refractivity contribution in [3.63, 3.8) is 0 Å². The normalized spacial score (nSPS) is 13.9. The number of amides is 2. The van der Waals surface area contributed by atoms with Crippen LogP contribution in [0.5, 0.6) is 0 Å². The number of hydrogen-bond acceptors (Lipinski definition) is 5. The standard InChI is InChI=1S/C21H30N4O.C9H11NO.C2H6/c1-17(15-25-11-5-4-6-12-25)13-21-18(2)24-10-7-19(21)14-20(22-3)8-9-23-16-26;1-10(2)9(11)8-6-4-3-5-7-8;1-2/h7-10,13-14,16,22H,4-6,11-12,15H2,1-3H3,(H,23,26);3-7H,1-2H3;1-2H3/b9-8-,17-13+,20-14+;;. The Balaban J connectivity index is 0.000000487. The third-order valence-electron chi connectivity index (χ3n) is 5.99. The Morgan fingerprint density at radius 2 is 1.72 bits per heavy atom. The maximum absolute atomic E-state index is 11.3. The molecule has 1 aromatic heterocycles. The minimum Gasteiger partial charge on any atom is -0.388 e. The van der Waals surface area contributed by atoms with Crippen molar-refractivity contribution in [2.24, 2.45) is 0 Å². The molecule has 3 rings (SSSR count). The topological polar surface area (TPSA) is 77.6 Å². The van der Waals surface area contributed by atoms with E-state index in [9.17, 15) is 9.59 Å². The molecule has 2 aromatic rings. The number of aryl methyl sites for hydroxylation is 1. The Morgan fingerprint density at radius 1 is 1.05 bits per heavy atom. The minimum atomic E-state index is 0.0469. The lowest BCUT2D eigenvalue weighted by Crippen LogP contribution is -2.31. The number of carbonyl (C=O) groups excluding carboxylic acids is 2. The monoisotopic (exact) mass is 533 g/mol. The summed E-state index contributed by atoms with van der Waals surface area (Å²) in [4.78, 5) is 30.2. The van der Waals surface area contributed by atoms with Gasteiger partial charge in [-0.2, -0.15) is 0 Å². The number of nitrogens with zero attached hydrogens (tertiary/aromatic N) is 3. The zero-order valence-electron chi connectivity index (χ0n) is 24.8. The van der Waals surface area contributed by atoms with Gasteiger partial charge in [0.1, 0.15) is 0 Å². The molecule has 39 heavy (non-hydrogen) atoms. The van der Waals surface area contributed by atoms with E-state index in [4.69, 9.17) is 0 Å². The van der Waals surface area contributed by atoms with Crippen LogP contribution in [0.4, 0.5) is 0 Å². The molecule has 0 bridgehead atoms. The predicted molar refractivity (Wildman–Crippen MR) is 164 cm³/mol. The van der Waals surface area contributed by atoms with Gasteiger partial charge in [-0.3, -0.25) is 19.5 Å². The van der Waals surface area contributed by atoms with Crippen molar-refractivity contribution in [3.05, 3.63) is 88.5 Å². The number of likely N-dealkylation sites (tertiary alicyclic amines) is 1. The molecule has 0 saturated carbocycles.